The average molecular weight is 407 g/mol. The van der Waals surface area contributed by atoms with Crippen molar-refractivity contribution in [2.24, 2.45) is 0 Å². The van der Waals surface area contributed by atoms with E-state index in [1.165, 1.54) is 4.57 Å². The van der Waals surface area contributed by atoms with Crippen LogP contribution < -0.4 is 15.6 Å². The molecule has 2 aromatic carbocycles. The fourth-order valence-electron chi connectivity index (χ4n) is 2.93. The van der Waals surface area contributed by atoms with Crippen molar-refractivity contribution in [2.75, 3.05) is 13.2 Å². The number of benzene rings is 2. The van der Waals surface area contributed by atoms with E-state index in [4.69, 9.17) is 23.4 Å². The summed E-state index contributed by atoms with van der Waals surface area (Å²) in [5, 5.41) is 3.42. The molecule has 0 aliphatic heterocycles. The van der Waals surface area contributed by atoms with Gasteiger partial charge in [0.05, 0.1) is 10.9 Å². The number of carbonyl (C=O) groups excluding carboxylic acids is 1. The van der Waals surface area contributed by atoms with Crippen LogP contribution in [0.3, 0.4) is 0 Å². The first-order chi connectivity index (χ1) is 14.1. The second kappa shape index (κ2) is 9.71. The van der Waals surface area contributed by atoms with Gasteiger partial charge in [-0.2, -0.15) is 0 Å². The normalized spacial score (nSPS) is 10.4. The smallest absolute Gasteiger partial charge is 0.262 e. The van der Waals surface area contributed by atoms with Crippen molar-refractivity contribution in [2.45, 2.75) is 19.4 Å². The lowest BCUT2D eigenvalue weighted by Gasteiger charge is -2.09. The van der Waals surface area contributed by atoms with Crippen LogP contribution in [0.25, 0.3) is 10.9 Å². The molecule has 148 valence electrons. The fraction of sp³-hybridized carbons (Fsp3) is 0.227. The van der Waals surface area contributed by atoms with Crippen LogP contribution in [0, 0.1) is 17.1 Å². The monoisotopic (exact) mass is 407 g/mol. The second-order valence-corrected chi connectivity index (χ2v) is 6.81. The number of fused-ring (bicyclic) bond motifs is 1. The molecule has 0 aliphatic carbocycles. The zero-order chi connectivity index (χ0) is 20.6. The number of rotatable bonds is 8. The summed E-state index contributed by atoms with van der Waals surface area (Å²) < 4.78 is 7.06. The van der Waals surface area contributed by atoms with E-state index in [1.54, 1.807) is 18.2 Å². The third kappa shape index (κ3) is 5.33. The summed E-state index contributed by atoms with van der Waals surface area (Å²) in [6.45, 7) is 0.967. The number of nitrogens with one attached hydrogen (secondary N) is 2. The van der Waals surface area contributed by atoms with Gasteiger partial charge in [-0.15, -0.1) is 6.42 Å². The maximum Gasteiger partial charge on any atom is 0.262 e. The van der Waals surface area contributed by atoms with Gasteiger partial charge >= 0.3 is 0 Å². The second-order valence-electron chi connectivity index (χ2n) is 6.42. The molecular weight excluding hydrogens is 386 g/mol. The van der Waals surface area contributed by atoms with E-state index < -0.39 is 0 Å². The highest BCUT2D eigenvalue weighted by Crippen LogP contribution is 2.12. The molecule has 1 aromatic heterocycles. The van der Waals surface area contributed by atoms with Crippen molar-refractivity contribution >= 4 is 29.0 Å². The van der Waals surface area contributed by atoms with Gasteiger partial charge in [0, 0.05) is 19.5 Å². The topological polar surface area (TPSA) is 76.1 Å². The van der Waals surface area contributed by atoms with E-state index >= 15 is 0 Å². The number of nitrogens with zero attached hydrogens (tertiary/aromatic N) is 1. The number of aromatic nitrogens is 2. The quantitative estimate of drug-likeness (QED) is 0.445. The van der Waals surface area contributed by atoms with Gasteiger partial charge in [0.15, 0.2) is 4.77 Å². The molecule has 0 radical (unpaired) electrons. The predicted molar refractivity (Wildman–Crippen MR) is 115 cm³/mol. The van der Waals surface area contributed by atoms with E-state index in [9.17, 15) is 9.59 Å². The number of hydrogen-bond acceptors (Lipinski definition) is 4. The van der Waals surface area contributed by atoms with E-state index in [-0.39, 0.29) is 31.0 Å². The van der Waals surface area contributed by atoms with Crippen molar-refractivity contribution in [1.82, 2.24) is 14.9 Å². The van der Waals surface area contributed by atoms with Crippen LogP contribution in [0.15, 0.2) is 53.3 Å². The Morgan fingerprint density at radius 1 is 1.21 bits per heavy atom. The van der Waals surface area contributed by atoms with E-state index in [1.807, 2.05) is 30.3 Å². The van der Waals surface area contributed by atoms with Crippen molar-refractivity contribution in [3.8, 4) is 18.1 Å². The first kappa shape index (κ1) is 20.4. The van der Waals surface area contributed by atoms with Crippen LogP contribution in [0.4, 0.5) is 0 Å². The van der Waals surface area contributed by atoms with Crippen LogP contribution in [-0.2, 0) is 17.8 Å². The Kier molecular flexibility index (Phi) is 6.82. The molecule has 29 heavy (non-hydrogen) atoms. The lowest BCUT2D eigenvalue weighted by molar-refractivity contribution is -0.121. The summed E-state index contributed by atoms with van der Waals surface area (Å²) in [4.78, 5) is 27.8. The molecule has 7 heteroatoms. The van der Waals surface area contributed by atoms with Gasteiger partial charge in [0.1, 0.15) is 12.4 Å². The van der Waals surface area contributed by atoms with Crippen molar-refractivity contribution in [3.05, 3.63) is 69.2 Å². The SMILES string of the molecule is C#CCOc1ccc(CCNC(=O)CCn2c(=S)[nH]c3ccccc3c2=O)cc1. The van der Waals surface area contributed by atoms with Gasteiger partial charge in [0.25, 0.3) is 5.56 Å². The minimum atomic E-state index is -0.190. The molecule has 0 aliphatic rings. The summed E-state index contributed by atoms with van der Waals surface area (Å²) in [7, 11) is 0. The molecule has 3 aromatic rings. The Labute approximate surface area is 173 Å². The molecule has 6 nitrogen and oxygen atoms in total. The lowest BCUT2D eigenvalue weighted by atomic mass is 10.1. The maximum absolute atomic E-state index is 12.6. The molecule has 0 saturated heterocycles. The van der Waals surface area contributed by atoms with Crippen molar-refractivity contribution < 1.29 is 9.53 Å². The molecule has 1 amide bonds. The Morgan fingerprint density at radius 2 is 1.97 bits per heavy atom. The van der Waals surface area contributed by atoms with Gasteiger partial charge in [0.2, 0.25) is 5.91 Å². The zero-order valence-corrected chi connectivity index (χ0v) is 16.6. The number of terminal acetylenes is 1. The Balaban J connectivity index is 1.51. The first-order valence-corrected chi connectivity index (χ1v) is 9.63. The molecule has 0 spiro atoms. The molecule has 3 rings (SSSR count). The maximum atomic E-state index is 12.6. The molecule has 0 bridgehead atoms. The average Bonchev–Trinajstić information content (AvgIpc) is 2.73. The minimum Gasteiger partial charge on any atom is -0.481 e. The van der Waals surface area contributed by atoms with Crippen LogP contribution in [0.1, 0.15) is 12.0 Å². The van der Waals surface area contributed by atoms with Gasteiger partial charge in [-0.1, -0.05) is 30.2 Å². The van der Waals surface area contributed by atoms with Gasteiger partial charge < -0.3 is 15.0 Å². The Hall–Kier alpha value is -3.37. The fourth-order valence-corrected chi connectivity index (χ4v) is 3.21. The Morgan fingerprint density at radius 3 is 2.72 bits per heavy atom. The van der Waals surface area contributed by atoms with Gasteiger partial charge in [-0.25, -0.2) is 0 Å². The number of amides is 1. The molecule has 0 unspecified atom stereocenters. The molecule has 0 saturated carbocycles. The summed E-state index contributed by atoms with van der Waals surface area (Å²) in [5.74, 6) is 3.00. The zero-order valence-electron chi connectivity index (χ0n) is 15.8. The third-order valence-electron chi connectivity index (χ3n) is 4.43. The Bertz CT molecular complexity index is 1160. The summed E-state index contributed by atoms with van der Waals surface area (Å²) in [6, 6.07) is 14.7. The first-order valence-electron chi connectivity index (χ1n) is 9.22. The summed E-state index contributed by atoms with van der Waals surface area (Å²) >= 11 is 5.26. The number of ether oxygens (including phenoxy) is 1. The van der Waals surface area contributed by atoms with E-state index in [2.05, 4.69) is 16.2 Å². The molecule has 0 fully saturated rings. The third-order valence-corrected chi connectivity index (χ3v) is 4.76. The molecule has 1 heterocycles. The number of H-pyrrole nitrogens is 1. The van der Waals surface area contributed by atoms with Crippen molar-refractivity contribution in [3.63, 3.8) is 0 Å². The van der Waals surface area contributed by atoms with Crippen LogP contribution in [0.2, 0.25) is 0 Å². The molecule has 0 atom stereocenters. The minimum absolute atomic E-state index is 0.131. The highest BCUT2D eigenvalue weighted by Gasteiger charge is 2.08. The van der Waals surface area contributed by atoms with Gasteiger partial charge in [-0.05, 0) is 48.5 Å². The highest BCUT2D eigenvalue weighted by molar-refractivity contribution is 7.71. The summed E-state index contributed by atoms with van der Waals surface area (Å²) in [5.41, 5.74) is 1.58. The van der Waals surface area contributed by atoms with E-state index in [0.717, 1.165) is 5.56 Å². The lowest BCUT2D eigenvalue weighted by Crippen LogP contribution is -2.29. The van der Waals surface area contributed by atoms with Crippen LogP contribution >= 0.6 is 12.2 Å². The summed E-state index contributed by atoms with van der Waals surface area (Å²) in [6.07, 6.45) is 6.03. The van der Waals surface area contributed by atoms with Crippen molar-refractivity contribution in [1.29, 1.82) is 0 Å². The number of hydrogen-bond donors (Lipinski definition) is 2. The number of carbonyl (C=O) groups is 1. The number of aromatic amines is 1. The number of para-hydroxylation sites is 1. The molecular formula is C22H21N3O3S. The predicted octanol–water partition coefficient (Wildman–Crippen LogP) is 2.82. The van der Waals surface area contributed by atoms with Gasteiger partial charge in [-0.3, -0.25) is 14.2 Å². The molecule has 2 N–H and O–H groups in total. The largest absolute Gasteiger partial charge is 0.481 e. The van der Waals surface area contributed by atoms with Crippen LogP contribution in [-0.4, -0.2) is 28.6 Å². The highest BCUT2D eigenvalue weighted by atomic mass is 32.1. The van der Waals surface area contributed by atoms with E-state index in [0.29, 0.717) is 34.4 Å². The van der Waals surface area contributed by atoms with Crippen LogP contribution in [0.5, 0.6) is 5.75 Å². The standard InChI is InChI=1S/C22H21N3O3S/c1-2-15-28-17-9-7-16(8-10-17)11-13-23-20(26)12-14-25-21(27)18-5-3-4-6-19(18)24-22(25)29/h1,3-10H,11-15H2,(H,23,26)(H,24,29).